The van der Waals surface area contributed by atoms with Gasteiger partial charge in [0.05, 0.1) is 29.6 Å². The van der Waals surface area contributed by atoms with Crippen LogP contribution in [0.3, 0.4) is 0 Å². The molecular weight excluding hydrogens is 543 g/mol. The third kappa shape index (κ3) is 7.46. The second kappa shape index (κ2) is 12.9. The smallest absolute Gasteiger partial charge is 0.274 e. The maximum atomic E-state index is 12.7. The maximum Gasteiger partial charge on any atom is 0.274 e. The van der Waals surface area contributed by atoms with Crippen LogP contribution in [0.15, 0.2) is 42.6 Å². The van der Waals surface area contributed by atoms with Gasteiger partial charge in [-0.15, -0.1) is 0 Å². The van der Waals surface area contributed by atoms with Crippen molar-refractivity contribution in [2.45, 2.75) is 26.7 Å². The molecule has 0 saturated carbocycles. The van der Waals surface area contributed by atoms with Gasteiger partial charge in [0.1, 0.15) is 17.9 Å². The molecule has 0 unspecified atom stereocenters. The Morgan fingerprint density at radius 2 is 1.85 bits per heavy atom. The molecule has 0 spiro atoms. The number of benzene rings is 2. The van der Waals surface area contributed by atoms with Crippen molar-refractivity contribution in [2.24, 2.45) is 0 Å². The lowest BCUT2D eigenvalue weighted by Gasteiger charge is -2.19. The van der Waals surface area contributed by atoms with Gasteiger partial charge in [0, 0.05) is 36.4 Å². The van der Waals surface area contributed by atoms with Gasteiger partial charge in [0.2, 0.25) is 11.9 Å². The second-order valence-electron chi connectivity index (χ2n) is 9.01. The second-order valence-corrected chi connectivity index (χ2v) is 12.6. The molecule has 13 heteroatoms. The maximum absolute atomic E-state index is 12.7. The summed E-state index contributed by atoms with van der Waals surface area (Å²) in [6.07, 6.45) is 1.71. The minimum Gasteiger partial charge on any atom is -0.495 e. The number of hydrogen-bond acceptors (Lipinski definition) is 9. The van der Waals surface area contributed by atoms with Crippen LogP contribution >= 0.6 is 18.7 Å². The fourth-order valence-electron chi connectivity index (χ4n) is 4.04. The Morgan fingerprint density at radius 3 is 2.46 bits per heavy atom. The molecule has 0 aliphatic heterocycles. The van der Waals surface area contributed by atoms with Crippen LogP contribution in [0.4, 0.5) is 28.8 Å². The van der Waals surface area contributed by atoms with Crippen molar-refractivity contribution in [1.82, 2.24) is 14.9 Å². The summed E-state index contributed by atoms with van der Waals surface area (Å²) in [7, 11) is -1.15. The molecule has 3 rings (SSSR count). The highest BCUT2D eigenvalue weighted by molar-refractivity contribution is 7.70. The molecule has 0 bridgehead atoms. The van der Waals surface area contributed by atoms with Crippen molar-refractivity contribution in [1.29, 1.82) is 0 Å². The fraction of sp³-hybridized carbons (Fsp3) is 0.346. The van der Waals surface area contributed by atoms with Crippen molar-refractivity contribution in [2.75, 3.05) is 44.2 Å². The number of carbonyl (C=O) groups excluding carboxylic acids is 1. The number of aromatic nitrogens is 2. The highest BCUT2D eigenvalue weighted by atomic mass is 35.5. The van der Waals surface area contributed by atoms with E-state index in [0.717, 1.165) is 0 Å². The number of amides is 1. The van der Waals surface area contributed by atoms with E-state index in [0.29, 0.717) is 35.4 Å². The number of anilines is 4. The first-order valence-corrected chi connectivity index (χ1v) is 15.3. The van der Waals surface area contributed by atoms with Gasteiger partial charge in [0.25, 0.3) is 5.69 Å². The number of nitrogens with zero attached hydrogens (tertiary/aromatic N) is 4. The Hall–Kier alpha value is -3.69. The molecule has 1 amide bonds. The summed E-state index contributed by atoms with van der Waals surface area (Å²) < 4.78 is 18.2. The molecule has 1 heterocycles. The van der Waals surface area contributed by atoms with Crippen molar-refractivity contribution < 1.29 is 19.0 Å². The van der Waals surface area contributed by atoms with Gasteiger partial charge in [-0.2, -0.15) is 4.98 Å². The zero-order valence-corrected chi connectivity index (χ0v) is 24.2. The first-order valence-electron chi connectivity index (χ1n) is 12.3. The predicted octanol–water partition coefficient (Wildman–Crippen LogP) is 5.58. The SMILES string of the molecule is CCN(CC)C(=O)CCc1cc(OC)c(Nc2ncc(Cl)c(Nc3ccccc3P(C)(C)=O)n2)cc1[N+](=O)[O-]. The Morgan fingerprint density at radius 1 is 1.15 bits per heavy atom. The minimum absolute atomic E-state index is 0.0749. The summed E-state index contributed by atoms with van der Waals surface area (Å²) in [6, 6.07) is 10.0. The third-order valence-electron chi connectivity index (χ3n) is 6.05. The molecule has 0 aliphatic carbocycles. The van der Waals surface area contributed by atoms with Gasteiger partial charge in [-0.25, -0.2) is 4.98 Å². The van der Waals surface area contributed by atoms with Gasteiger partial charge in [0.15, 0.2) is 5.82 Å². The molecule has 0 atom stereocenters. The van der Waals surface area contributed by atoms with Gasteiger partial charge in [-0.05, 0) is 51.8 Å². The molecule has 208 valence electrons. The number of nitro benzene ring substituents is 1. The van der Waals surface area contributed by atoms with Crippen molar-refractivity contribution in [3.63, 3.8) is 0 Å². The molecule has 3 aromatic rings. The minimum atomic E-state index is -2.60. The van der Waals surface area contributed by atoms with Crippen LogP contribution in [-0.2, 0) is 15.8 Å². The van der Waals surface area contributed by atoms with E-state index in [1.165, 1.54) is 19.4 Å². The van der Waals surface area contributed by atoms with Crippen LogP contribution in [-0.4, -0.2) is 59.2 Å². The van der Waals surface area contributed by atoms with E-state index in [1.807, 2.05) is 13.8 Å². The summed E-state index contributed by atoms with van der Waals surface area (Å²) in [4.78, 5) is 34.1. The molecule has 0 radical (unpaired) electrons. The topological polar surface area (TPSA) is 140 Å². The summed E-state index contributed by atoms with van der Waals surface area (Å²) in [5, 5.41) is 18.8. The van der Waals surface area contributed by atoms with E-state index in [1.54, 1.807) is 48.6 Å². The largest absolute Gasteiger partial charge is 0.495 e. The summed E-state index contributed by atoms with van der Waals surface area (Å²) in [5.74, 6) is 0.610. The van der Waals surface area contributed by atoms with E-state index in [9.17, 15) is 19.5 Å². The predicted molar refractivity (Wildman–Crippen MR) is 155 cm³/mol. The zero-order valence-electron chi connectivity index (χ0n) is 22.5. The monoisotopic (exact) mass is 574 g/mol. The Balaban J connectivity index is 1.92. The van der Waals surface area contributed by atoms with Crippen LogP contribution in [0.25, 0.3) is 0 Å². The lowest BCUT2D eigenvalue weighted by atomic mass is 10.1. The van der Waals surface area contributed by atoms with E-state index in [-0.39, 0.29) is 46.9 Å². The number of hydrogen-bond donors (Lipinski definition) is 2. The van der Waals surface area contributed by atoms with Crippen LogP contribution in [0, 0.1) is 10.1 Å². The Labute approximate surface area is 232 Å². The van der Waals surface area contributed by atoms with Crippen LogP contribution in [0.2, 0.25) is 5.02 Å². The van der Waals surface area contributed by atoms with E-state index >= 15 is 0 Å². The lowest BCUT2D eigenvalue weighted by molar-refractivity contribution is -0.385. The fourth-order valence-corrected chi connectivity index (χ4v) is 5.33. The number of rotatable bonds is 12. The molecule has 0 aliphatic rings. The Bertz CT molecular complexity index is 1410. The number of carbonyl (C=O) groups is 1. The summed E-state index contributed by atoms with van der Waals surface area (Å²) in [5.41, 5.74) is 1.08. The van der Waals surface area contributed by atoms with Gasteiger partial charge >= 0.3 is 0 Å². The normalized spacial score (nSPS) is 11.1. The average Bonchev–Trinajstić information content (AvgIpc) is 2.89. The first kappa shape index (κ1) is 29.9. The number of para-hydroxylation sites is 1. The molecule has 2 aromatic carbocycles. The van der Waals surface area contributed by atoms with Crippen molar-refractivity contribution in [3.05, 3.63) is 63.3 Å². The van der Waals surface area contributed by atoms with Crippen molar-refractivity contribution >= 4 is 58.8 Å². The number of aryl methyl sites for hydroxylation is 1. The Kier molecular flexibility index (Phi) is 9.88. The van der Waals surface area contributed by atoms with E-state index in [2.05, 4.69) is 20.6 Å². The van der Waals surface area contributed by atoms with Gasteiger partial charge < -0.3 is 24.8 Å². The summed E-state index contributed by atoms with van der Waals surface area (Å²) in [6.45, 7) is 8.26. The summed E-state index contributed by atoms with van der Waals surface area (Å²) >= 11 is 6.34. The molecular formula is C26H32ClN6O5P. The number of nitrogens with one attached hydrogen (secondary N) is 2. The number of halogens is 1. The van der Waals surface area contributed by atoms with E-state index < -0.39 is 12.1 Å². The molecule has 0 fully saturated rings. The standard InChI is InChI=1S/C26H32ClN6O5P/c1-6-32(7-2)24(34)13-12-17-14-22(38-3)20(15-21(17)33(35)36)30-26-28-16-18(27)25(31-26)29-19-10-8-9-11-23(19)39(4,5)37/h8-11,14-16H,6-7,12-13H2,1-5H3,(H2,28,29,30,31). The van der Waals surface area contributed by atoms with Crippen LogP contribution < -0.4 is 20.7 Å². The van der Waals surface area contributed by atoms with Crippen LogP contribution in [0.1, 0.15) is 25.8 Å². The molecule has 0 saturated heterocycles. The zero-order chi connectivity index (χ0) is 28.7. The lowest BCUT2D eigenvalue weighted by Crippen LogP contribution is -2.30. The van der Waals surface area contributed by atoms with Gasteiger partial charge in [-0.1, -0.05) is 23.7 Å². The number of methoxy groups -OCH3 is 1. The third-order valence-corrected chi connectivity index (χ3v) is 7.88. The number of nitro groups is 1. The quantitative estimate of drug-likeness (QED) is 0.161. The molecule has 1 aromatic heterocycles. The van der Waals surface area contributed by atoms with Crippen LogP contribution in [0.5, 0.6) is 5.75 Å². The average molecular weight is 575 g/mol. The van der Waals surface area contributed by atoms with Crippen molar-refractivity contribution in [3.8, 4) is 5.75 Å². The first-order chi connectivity index (χ1) is 18.5. The number of ether oxygens (including phenoxy) is 1. The van der Waals surface area contributed by atoms with E-state index in [4.69, 9.17) is 16.3 Å². The molecule has 2 N–H and O–H groups in total. The highest BCUT2D eigenvalue weighted by Gasteiger charge is 2.22. The molecule has 39 heavy (non-hydrogen) atoms. The highest BCUT2D eigenvalue weighted by Crippen LogP contribution is 2.39. The molecule has 11 nitrogen and oxygen atoms in total. The van der Waals surface area contributed by atoms with Gasteiger partial charge in [-0.3, -0.25) is 14.9 Å².